The lowest BCUT2D eigenvalue weighted by molar-refractivity contribution is -0.119. The van der Waals surface area contributed by atoms with Crippen LogP contribution in [0.3, 0.4) is 0 Å². The second kappa shape index (κ2) is 4.85. The molecule has 4 nitrogen and oxygen atoms in total. The van der Waals surface area contributed by atoms with Gasteiger partial charge in [-0.1, -0.05) is 11.6 Å². The first-order valence-corrected chi connectivity index (χ1v) is 6.43. The Morgan fingerprint density at radius 2 is 2.38 bits per heavy atom. The smallest absolute Gasteiger partial charge is 0.242 e. The van der Waals surface area contributed by atoms with Crippen LogP contribution in [0.4, 0.5) is 5.82 Å². The van der Waals surface area contributed by atoms with Crippen molar-refractivity contribution in [1.29, 1.82) is 0 Å². The second-order valence-corrected chi connectivity index (χ2v) is 5.38. The van der Waals surface area contributed by atoms with E-state index < -0.39 is 0 Å². The molecule has 0 atom stereocenters. The van der Waals surface area contributed by atoms with Gasteiger partial charge >= 0.3 is 0 Å². The van der Waals surface area contributed by atoms with Crippen molar-refractivity contribution in [3.63, 3.8) is 0 Å². The minimum Gasteiger partial charge on any atom is -0.273 e. The molecule has 1 amide bonds. The topological polar surface area (TPSA) is 59.2 Å². The van der Waals surface area contributed by atoms with Gasteiger partial charge in [0.1, 0.15) is 0 Å². The van der Waals surface area contributed by atoms with E-state index in [1.54, 1.807) is 12.3 Å². The number of amides is 1. The SMILES string of the molecule is NN(C(=O)CC1CC1)c1nccc(I)c1Cl. The lowest BCUT2D eigenvalue weighted by Crippen LogP contribution is -2.38. The molecule has 0 aliphatic heterocycles. The lowest BCUT2D eigenvalue weighted by Gasteiger charge is -2.16. The number of anilines is 1. The summed E-state index contributed by atoms with van der Waals surface area (Å²) in [7, 11) is 0. The van der Waals surface area contributed by atoms with Crippen molar-refractivity contribution < 1.29 is 4.79 Å². The first-order valence-electron chi connectivity index (χ1n) is 4.97. The van der Waals surface area contributed by atoms with Crippen LogP contribution in [-0.4, -0.2) is 10.9 Å². The van der Waals surface area contributed by atoms with Crippen LogP contribution in [0.25, 0.3) is 0 Å². The summed E-state index contributed by atoms with van der Waals surface area (Å²) < 4.78 is 0.832. The fourth-order valence-corrected chi connectivity index (χ4v) is 1.97. The van der Waals surface area contributed by atoms with Crippen LogP contribution in [0.1, 0.15) is 19.3 Å². The largest absolute Gasteiger partial charge is 0.273 e. The minimum absolute atomic E-state index is 0.126. The van der Waals surface area contributed by atoms with Crippen molar-refractivity contribution in [2.45, 2.75) is 19.3 Å². The van der Waals surface area contributed by atoms with E-state index in [2.05, 4.69) is 27.6 Å². The van der Waals surface area contributed by atoms with Gasteiger partial charge in [-0.15, -0.1) is 0 Å². The number of pyridine rings is 1. The first kappa shape index (κ1) is 12.1. The third-order valence-corrected chi connectivity index (χ3v) is 4.07. The molecule has 16 heavy (non-hydrogen) atoms. The Bertz CT molecular complexity index is 423. The number of carbonyl (C=O) groups is 1. The summed E-state index contributed by atoms with van der Waals surface area (Å²) in [6.45, 7) is 0. The third kappa shape index (κ3) is 2.64. The zero-order valence-corrected chi connectivity index (χ0v) is 11.4. The van der Waals surface area contributed by atoms with Crippen LogP contribution in [-0.2, 0) is 4.79 Å². The maximum atomic E-state index is 11.8. The van der Waals surface area contributed by atoms with Crippen molar-refractivity contribution in [3.8, 4) is 0 Å². The number of nitrogens with two attached hydrogens (primary N) is 1. The van der Waals surface area contributed by atoms with E-state index in [0.29, 0.717) is 23.2 Å². The Labute approximate surface area is 112 Å². The number of hydrazine groups is 1. The van der Waals surface area contributed by atoms with Gasteiger partial charge in [-0.2, -0.15) is 0 Å². The van der Waals surface area contributed by atoms with E-state index in [-0.39, 0.29) is 5.91 Å². The summed E-state index contributed by atoms with van der Waals surface area (Å²) in [5.74, 6) is 6.42. The second-order valence-electron chi connectivity index (χ2n) is 3.84. The highest BCUT2D eigenvalue weighted by molar-refractivity contribution is 14.1. The van der Waals surface area contributed by atoms with Crippen LogP contribution >= 0.6 is 34.2 Å². The normalized spacial score (nSPS) is 14.9. The monoisotopic (exact) mass is 351 g/mol. The molecule has 0 radical (unpaired) electrons. The van der Waals surface area contributed by atoms with Gasteiger partial charge in [0.05, 0.1) is 5.02 Å². The maximum Gasteiger partial charge on any atom is 0.242 e. The quantitative estimate of drug-likeness (QED) is 0.394. The van der Waals surface area contributed by atoms with E-state index >= 15 is 0 Å². The molecule has 0 bridgehead atoms. The number of rotatable bonds is 3. The summed E-state index contributed by atoms with van der Waals surface area (Å²) in [6.07, 6.45) is 4.31. The third-order valence-electron chi connectivity index (χ3n) is 2.48. The van der Waals surface area contributed by atoms with Gasteiger partial charge in [-0.05, 0) is 47.4 Å². The van der Waals surface area contributed by atoms with Gasteiger partial charge in [0.15, 0.2) is 5.82 Å². The number of hydrogen-bond acceptors (Lipinski definition) is 3. The Morgan fingerprint density at radius 1 is 1.69 bits per heavy atom. The summed E-state index contributed by atoms with van der Waals surface area (Å²) in [5.41, 5.74) is 0. The van der Waals surface area contributed by atoms with Crippen LogP contribution in [0, 0.1) is 9.49 Å². The Morgan fingerprint density at radius 3 is 3.00 bits per heavy atom. The number of halogens is 2. The number of carbonyl (C=O) groups excluding carboxylic acids is 1. The molecule has 6 heteroatoms. The fraction of sp³-hybridized carbons (Fsp3) is 0.400. The Balaban J connectivity index is 2.15. The van der Waals surface area contributed by atoms with E-state index in [4.69, 9.17) is 17.4 Å². The highest BCUT2D eigenvalue weighted by Crippen LogP contribution is 2.34. The van der Waals surface area contributed by atoms with Crippen molar-refractivity contribution >= 4 is 45.9 Å². The van der Waals surface area contributed by atoms with E-state index in [1.165, 1.54) is 0 Å². The van der Waals surface area contributed by atoms with Crippen LogP contribution in [0.2, 0.25) is 5.02 Å². The average Bonchev–Trinajstić information content (AvgIpc) is 3.05. The molecule has 1 aromatic rings. The van der Waals surface area contributed by atoms with Crippen LogP contribution < -0.4 is 10.9 Å². The van der Waals surface area contributed by atoms with Gasteiger partial charge < -0.3 is 0 Å². The summed E-state index contributed by atoms with van der Waals surface area (Å²) in [4.78, 5) is 15.8. The molecular formula is C10H11ClIN3O. The highest BCUT2D eigenvalue weighted by Gasteiger charge is 2.27. The van der Waals surface area contributed by atoms with Gasteiger partial charge in [0, 0.05) is 16.2 Å². The summed E-state index contributed by atoms with van der Waals surface area (Å²) in [6, 6.07) is 1.77. The average molecular weight is 352 g/mol. The molecule has 0 spiro atoms. The van der Waals surface area contributed by atoms with Crippen molar-refractivity contribution in [2.24, 2.45) is 11.8 Å². The minimum atomic E-state index is -0.126. The highest BCUT2D eigenvalue weighted by atomic mass is 127. The molecule has 1 aromatic heterocycles. The standard InChI is InChI=1S/C10H11ClIN3O/c11-9-7(12)3-4-14-10(9)15(13)8(16)5-6-1-2-6/h3-4,6H,1-2,5,13H2. The van der Waals surface area contributed by atoms with Gasteiger partial charge in [0.25, 0.3) is 0 Å². The van der Waals surface area contributed by atoms with Crippen molar-refractivity contribution in [1.82, 2.24) is 4.98 Å². The molecule has 1 saturated carbocycles. The van der Waals surface area contributed by atoms with Crippen LogP contribution in [0.15, 0.2) is 12.3 Å². The van der Waals surface area contributed by atoms with E-state index in [9.17, 15) is 4.79 Å². The van der Waals surface area contributed by atoms with E-state index in [1.807, 2.05) is 0 Å². The molecule has 0 saturated heterocycles. The number of hydrogen-bond donors (Lipinski definition) is 1. The molecule has 2 rings (SSSR count). The number of aromatic nitrogens is 1. The molecule has 1 aliphatic rings. The van der Waals surface area contributed by atoms with Gasteiger partial charge in [0.2, 0.25) is 5.91 Å². The van der Waals surface area contributed by atoms with Crippen molar-refractivity contribution in [2.75, 3.05) is 5.01 Å². The molecule has 86 valence electrons. The zero-order valence-electron chi connectivity index (χ0n) is 8.49. The lowest BCUT2D eigenvalue weighted by atomic mass is 10.3. The predicted octanol–water partition coefficient (Wildman–Crippen LogP) is 2.35. The zero-order chi connectivity index (χ0) is 11.7. The summed E-state index contributed by atoms with van der Waals surface area (Å²) >= 11 is 8.12. The number of nitrogens with zero attached hydrogens (tertiary/aromatic N) is 2. The molecule has 1 aliphatic carbocycles. The van der Waals surface area contributed by atoms with E-state index in [0.717, 1.165) is 21.4 Å². The summed E-state index contributed by atoms with van der Waals surface area (Å²) in [5, 5.41) is 1.48. The molecule has 0 unspecified atom stereocenters. The molecular weight excluding hydrogens is 340 g/mol. The Kier molecular flexibility index (Phi) is 3.66. The Hall–Kier alpha value is -0.400. The first-order chi connectivity index (χ1) is 7.59. The predicted molar refractivity (Wildman–Crippen MR) is 71.0 cm³/mol. The molecule has 1 fully saturated rings. The van der Waals surface area contributed by atoms with Gasteiger partial charge in [-0.25, -0.2) is 15.8 Å². The molecule has 2 N–H and O–H groups in total. The molecule has 0 aromatic carbocycles. The molecule has 1 heterocycles. The maximum absolute atomic E-state index is 11.8. The van der Waals surface area contributed by atoms with Crippen molar-refractivity contribution in [3.05, 3.63) is 20.9 Å². The fourth-order valence-electron chi connectivity index (χ4n) is 1.36. The van der Waals surface area contributed by atoms with Gasteiger partial charge in [-0.3, -0.25) is 4.79 Å². The van der Waals surface area contributed by atoms with Crippen LogP contribution in [0.5, 0.6) is 0 Å².